The number of hydrogen-bond acceptors (Lipinski definition) is 9. The van der Waals surface area contributed by atoms with Gasteiger partial charge in [-0.2, -0.15) is 0 Å². The van der Waals surface area contributed by atoms with Crippen molar-refractivity contribution in [1.82, 2.24) is 9.55 Å². The minimum atomic E-state index is -2.48. The summed E-state index contributed by atoms with van der Waals surface area (Å²) in [6.07, 6.45) is -0.000915. The summed E-state index contributed by atoms with van der Waals surface area (Å²) >= 11 is 0. The van der Waals surface area contributed by atoms with E-state index in [1.54, 1.807) is 21.1 Å². The molecule has 1 aliphatic rings. The van der Waals surface area contributed by atoms with Gasteiger partial charge in [-0.15, -0.1) is 0 Å². The van der Waals surface area contributed by atoms with Crippen molar-refractivity contribution in [2.75, 3.05) is 27.4 Å². The van der Waals surface area contributed by atoms with Gasteiger partial charge in [0, 0.05) is 23.1 Å². The molecule has 0 spiro atoms. The second kappa shape index (κ2) is 15.2. The van der Waals surface area contributed by atoms with Crippen LogP contribution in [0.2, 0.25) is 18.1 Å². The molecule has 3 aromatic carbocycles. The Balaban J connectivity index is 1.68. The summed E-state index contributed by atoms with van der Waals surface area (Å²) in [4.78, 5) is 39.6. The zero-order valence-corrected chi connectivity index (χ0v) is 32.1. The van der Waals surface area contributed by atoms with Crippen LogP contribution in [0.5, 0.6) is 11.5 Å². The first kappa shape index (κ1) is 38.7. The van der Waals surface area contributed by atoms with Crippen molar-refractivity contribution in [2.24, 2.45) is 0 Å². The number of H-pyrrole nitrogens is 1. The van der Waals surface area contributed by atoms with Gasteiger partial charge in [-0.25, -0.2) is 4.79 Å². The van der Waals surface area contributed by atoms with Crippen LogP contribution in [0.1, 0.15) is 55.9 Å². The minimum Gasteiger partial charge on any atom is -0.497 e. The van der Waals surface area contributed by atoms with E-state index in [2.05, 4.69) is 38.8 Å². The van der Waals surface area contributed by atoms with Gasteiger partial charge in [-0.1, -0.05) is 75.4 Å². The van der Waals surface area contributed by atoms with Crippen molar-refractivity contribution in [3.05, 3.63) is 138 Å². The van der Waals surface area contributed by atoms with Gasteiger partial charge < -0.3 is 23.4 Å². The molecule has 4 aromatic rings. The van der Waals surface area contributed by atoms with Gasteiger partial charge in [0.1, 0.15) is 23.2 Å². The Labute approximate surface area is 304 Å². The lowest BCUT2D eigenvalue weighted by atomic mass is 9.80. The van der Waals surface area contributed by atoms with Crippen LogP contribution in [0.25, 0.3) is 0 Å². The van der Waals surface area contributed by atoms with Gasteiger partial charge in [0.05, 0.1) is 33.4 Å². The van der Waals surface area contributed by atoms with Gasteiger partial charge in [0.15, 0.2) is 14.0 Å². The SMILES string of the molecule is COc1ccc(C(OC[C@H]2O[C@@](CC[N+](=O)[O-])(n3cc(C)c(=O)[nH]c3=O)CC2O[Si](C)(C)C(C)(C)C)(c2ccccc2)c2ccc(OC)cc2)cc1. The summed E-state index contributed by atoms with van der Waals surface area (Å²) in [7, 11) is 0.738. The number of hydrogen-bond donors (Lipinski definition) is 1. The fourth-order valence-corrected chi connectivity index (χ4v) is 7.86. The Bertz CT molecular complexity index is 1910. The van der Waals surface area contributed by atoms with Crippen LogP contribution >= 0.6 is 0 Å². The highest BCUT2D eigenvalue weighted by molar-refractivity contribution is 6.74. The first-order chi connectivity index (χ1) is 24.5. The molecule has 12 nitrogen and oxygen atoms in total. The van der Waals surface area contributed by atoms with Gasteiger partial charge in [-0.05, 0) is 66.0 Å². The number of benzene rings is 3. The van der Waals surface area contributed by atoms with Crippen molar-refractivity contribution in [2.45, 2.75) is 82.2 Å². The first-order valence-corrected chi connectivity index (χ1v) is 20.2. The fourth-order valence-electron chi connectivity index (χ4n) is 6.52. The Hall–Kier alpha value is -4.56. The normalized spacial score (nSPS) is 19.4. The number of aromatic amines is 1. The standard InChI is InChI=1S/C39H49N3O9Si/c1-27-25-41(36(44)40-35(27)43)38(22-23-42(45)46)24-33(51-52(7,8)37(2,3)4)34(50-38)26-49-39(28-12-10-9-11-13-28,29-14-18-31(47-5)19-15-29)30-16-20-32(48-6)21-17-30/h9-21,25,33-34H,22-24,26H2,1-8H3,(H,40,43,44)/t33?,34-,38-/m1/s1. The predicted molar refractivity (Wildman–Crippen MR) is 200 cm³/mol. The summed E-state index contributed by atoms with van der Waals surface area (Å²) in [5, 5.41) is 11.6. The van der Waals surface area contributed by atoms with E-state index >= 15 is 0 Å². The lowest BCUT2D eigenvalue weighted by Gasteiger charge is -2.40. The molecule has 1 N–H and O–H groups in total. The summed E-state index contributed by atoms with van der Waals surface area (Å²) in [5.74, 6) is 1.36. The van der Waals surface area contributed by atoms with Crippen LogP contribution in [-0.2, 0) is 25.2 Å². The Morgan fingerprint density at radius 2 is 1.46 bits per heavy atom. The number of nitrogens with one attached hydrogen (secondary N) is 1. The molecular formula is C39H49N3O9Si. The molecule has 1 fully saturated rings. The molecule has 5 rings (SSSR count). The Kier molecular flexibility index (Phi) is 11.3. The van der Waals surface area contributed by atoms with Crippen LogP contribution in [0.15, 0.2) is 94.6 Å². The third-order valence-corrected chi connectivity index (χ3v) is 14.9. The van der Waals surface area contributed by atoms with Crippen molar-refractivity contribution < 1.29 is 28.3 Å². The molecule has 1 unspecified atom stereocenters. The molecule has 1 aliphatic heterocycles. The Morgan fingerprint density at radius 3 is 1.96 bits per heavy atom. The van der Waals surface area contributed by atoms with Crippen LogP contribution in [0, 0.1) is 17.0 Å². The van der Waals surface area contributed by atoms with E-state index < -0.39 is 54.6 Å². The molecule has 52 heavy (non-hydrogen) atoms. The molecule has 0 bridgehead atoms. The molecular weight excluding hydrogens is 683 g/mol. The molecule has 2 heterocycles. The average molecular weight is 732 g/mol. The average Bonchev–Trinajstić information content (AvgIpc) is 3.46. The molecule has 0 radical (unpaired) electrons. The van der Waals surface area contributed by atoms with E-state index in [9.17, 15) is 19.7 Å². The number of aromatic nitrogens is 2. The lowest BCUT2D eigenvalue weighted by Crippen LogP contribution is -2.47. The third-order valence-electron chi connectivity index (χ3n) is 10.4. The maximum Gasteiger partial charge on any atom is 0.330 e. The van der Waals surface area contributed by atoms with Gasteiger partial charge in [-0.3, -0.25) is 24.5 Å². The number of methoxy groups -OCH3 is 2. The lowest BCUT2D eigenvalue weighted by molar-refractivity contribution is -0.485. The molecule has 13 heteroatoms. The van der Waals surface area contributed by atoms with Crippen molar-refractivity contribution in [3.8, 4) is 11.5 Å². The molecule has 278 valence electrons. The zero-order chi connectivity index (χ0) is 37.9. The van der Waals surface area contributed by atoms with E-state index in [-0.39, 0.29) is 30.1 Å². The van der Waals surface area contributed by atoms with E-state index in [1.165, 1.54) is 10.8 Å². The minimum absolute atomic E-state index is 0.0243. The zero-order valence-electron chi connectivity index (χ0n) is 31.1. The predicted octanol–water partition coefficient (Wildman–Crippen LogP) is 6.37. The summed E-state index contributed by atoms with van der Waals surface area (Å²) in [5.41, 5.74) is -1.19. The van der Waals surface area contributed by atoms with Gasteiger partial charge in [0.25, 0.3) is 5.56 Å². The summed E-state index contributed by atoms with van der Waals surface area (Å²) in [6, 6.07) is 25.2. The Morgan fingerprint density at radius 1 is 0.923 bits per heavy atom. The van der Waals surface area contributed by atoms with Crippen molar-refractivity contribution in [3.63, 3.8) is 0 Å². The van der Waals surface area contributed by atoms with E-state index in [4.69, 9.17) is 23.4 Å². The fraction of sp³-hybridized carbons (Fsp3) is 0.436. The highest BCUT2D eigenvalue weighted by Crippen LogP contribution is 2.47. The maximum absolute atomic E-state index is 13.4. The number of nitrogens with zero attached hydrogens (tertiary/aromatic N) is 2. The molecule has 1 saturated heterocycles. The smallest absolute Gasteiger partial charge is 0.330 e. The van der Waals surface area contributed by atoms with Crippen molar-refractivity contribution in [1.29, 1.82) is 0 Å². The van der Waals surface area contributed by atoms with E-state index in [1.807, 2.05) is 78.9 Å². The van der Waals surface area contributed by atoms with Crippen LogP contribution in [0.4, 0.5) is 0 Å². The van der Waals surface area contributed by atoms with Crippen LogP contribution in [-0.4, -0.2) is 62.4 Å². The largest absolute Gasteiger partial charge is 0.497 e. The van der Waals surface area contributed by atoms with Crippen molar-refractivity contribution >= 4 is 8.32 Å². The summed E-state index contributed by atoms with van der Waals surface area (Å²) in [6.45, 7) is 11.7. The molecule has 0 saturated carbocycles. The monoisotopic (exact) mass is 731 g/mol. The number of ether oxygens (including phenoxy) is 4. The van der Waals surface area contributed by atoms with Crippen LogP contribution in [0.3, 0.4) is 0 Å². The highest BCUT2D eigenvalue weighted by Gasteiger charge is 2.53. The number of rotatable bonds is 14. The second-order valence-electron chi connectivity index (χ2n) is 14.8. The topological polar surface area (TPSA) is 144 Å². The van der Waals surface area contributed by atoms with Gasteiger partial charge in [0.2, 0.25) is 6.54 Å². The highest BCUT2D eigenvalue weighted by atomic mass is 28.4. The number of nitro groups is 1. The van der Waals surface area contributed by atoms with Gasteiger partial charge >= 0.3 is 5.69 Å². The molecule has 0 aliphatic carbocycles. The maximum atomic E-state index is 13.4. The molecule has 0 amide bonds. The number of aryl methyl sites for hydroxylation is 1. The summed E-state index contributed by atoms with van der Waals surface area (Å²) < 4.78 is 33.4. The van der Waals surface area contributed by atoms with Crippen LogP contribution < -0.4 is 20.7 Å². The second-order valence-corrected chi connectivity index (χ2v) is 19.5. The van der Waals surface area contributed by atoms with E-state index in [0.29, 0.717) is 11.5 Å². The van der Waals surface area contributed by atoms with E-state index in [0.717, 1.165) is 16.7 Å². The molecule has 1 aromatic heterocycles. The first-order valence-electron chi connectivity index (χ1n) is 17.3. The third kappa shape index (κ3) is 7.77. The quantitative estimate of drug-likeness (QED) is 0.0677. The molecule has 3 atom stereocenters.